The Kier molecular flexibility index (Phi) is 4.80. The van der Waals surface area contributed by atoms with Crippen LogP contribution in [0.3, 0.4) is 0 Å². The van der Waals surface area contributed by atoms with Crippen LogP contribution in [0.4, 0.5) is 4.39 Å². The van der Waals surface area contributed by atoms with Crippen LogP contribution in [0, 0.1) is 18.2 Å². The van der Waals surface area contributed by atoms with Gasteiger partial charge in [0.25, 0.3) is 0 Å². The third-order valence-corrected chi connectivity index (χ3v) is 3.05. The number of rotatable bonds is 4. The highest BCUT2D eigenvalue weighted by molar-refractivity contribution is 9.10. The predicted octanol–water partition coefficient (Wildman–Crippen LogP) is 3.39. The predicted molar refractivity (Wildman–Crippen MR) is 63.7 cm³/mol. The summed E-state index contributed by atoms with van der Waals surface area (Å²) in [5, 5.41) is 0. The van der Waals surface area contributed by atoms with Gasteiger partial charge >= 0.3 is 0 Å². The zero-order valence-electron chi connectivity index (χ0n) is 8.34. The van der Waals surface area contributed by atoms with E-state index in [0.29, 0.717) is 10.9 Å². The monoisotopic (exact) mass is 269 g/mol. The van der Waals surface area contributed by atoms with Crippen LogP contribution in [0.5, 0.6) is 0 Å². The number of nitrogens with two attached hydrogens (primary N) is 1. The Bertz CT molecular complexity index is 370. The first-order valence-electron chi connectivity index (χ1n) is 4.79. The second kappa shape index (κ2) is 5.89. The van der Waals surface area contributed by atoms with Gasteiger partial charge in [-0.1, -0.05) is 12.1 Å². The number of unbranched alkanes of at least 4 members (excludes halogenated alkanes) is 1. The van der Waals surface area contributed by atoms with E-state index < -0.39 is 0 Å². The Morgan fingerprint density at radius 2 is 2.27 bits per heavy atom. The lowest BCUT2D eigenvalue weighted by atomic mass is 10.0. The fourth-order valence-corrected chi connectivity index (χ4v) is 1.94. The smallest absolute Gasteiger partial charge is 0.137 e. The zero-order valence-corrected chi connectivity index (χ0v) is 9.93. The molecule has 0 heterocycles. The maximum absolute atomic E-state index is 13.2. The van der Waals surface area contributed by atoms with Gasteiger partial charge in [0, 0.05) is 12.5 Å². The Morgan fingerprint density at radius 3 is 2.93 bits per heavy atom. The van der Waals surface area contributed by atoms with Gasteiger partial charge < -0.3 is 5.73 Å². The molecule has 0 bridgehead atoms. The molecule has 15 heavy (non-hydrogen) atoms. The minimum absolute atomic E-state index is 0.163. The molecule has 1 aromatic carbocycles. The Labute approximate surface area is 98.0 Å². The molecular weight excluding hydrogens is 257 g/mol. The molecule has 1 unspecified atom stereocenters. The van der Waals surface area contributed by atoms with Crippen molar-refractivity contribution < 1.29 is 4.39 Å². The van der Waals surface area contributed by atoms with E-state index in [9.17, 15) is 4.39 Å². The molecule has 80 valence electrons. The van der Waals surface area contributed by atoms with Gasteiger partial charge in [-0.3, -0.25) is 0 Å². The molecule has 0 aliphatic heterocycles. The molecule has 0 radical (unpaired) electrons. The van der Waals surface area contributed by atoms with Gasteiger partial charge in [0.1, 0.15) is 5.82 Å². The summed E-state index contributed by atoms with van der Waals surface area (Å²) in [6.07, 6.45) is 7.49. The quantitative estimate of drug-likeness (QED) is 0.658. The Morgan fingerprint density at radius 1 is 1.53 bits per heavy atom. The largest absolute Gasteiger partial charge is 0.324 e. The van der Waals surface area contributed by atoms with E-state index in [-0.39, 0.29) is 11.9 Å². The molecule has 0 aliphatic rings. The molecule has 1 aromatic rings. The number of terminal acetylenes is 1. The number of hydrogen-bond acceptors (Lipinski definition) is 1. The number of benzene rings is 1. The zero-order chi connectivity index (χ0) is 11.3. The van der Waals surface area contributed by atoms with Crippen LogP contribution in [0.15, 0.2) is 22.7 Å². The van der Waals surface area contributed by atoms with Gasteiger partial charge in [0.05, 0.1) is 4.47 Å². The second-order valence-electron chi connectivity index (χ2n) is 3.35. The van der Waals surface area contributed by atoms with Crippen molar-refractivity contribution in [3.63, 3.8) is 0 Å². The van der Waals surface area contributed by atoms with E-state index in [4.69, 9.17) is 12.2 Å². The van der Waals surface area contributed by atoms with Crippen molar-refractivity contribution in [3.05, 3.63) is 34.1 Å². The van der Waals surface area contributed by atoms with Crippen LogP contribution in [-0.2, 0) is 0 Å². The van der Waals surface area contributed by atoms with Gasteiger partial charge in [-0.15, -0.1) is 12.3 Å². The molecule has 1 atom stereocenters. The molecule has 1 rings (SSSR count). The normalized spacial score (nSPS) is 12.1. The third-order valence-electron chi connectivity index (χ3n) is 2.22. The van der Waals surface area contributed by atoms with Crippen LogP contribution in [-0.4, -0.2) is 0 Å². The van der Waals surface area contributed by atoms with Crippen molar-refractivity contribution in [1.82, 2.24) is 0 Å². The van der Waals surface area contributed by atoms with Gasteiger partial charge in [-0.05, 0) is 40.4 Å². The third kappa shape index (κ3) is 3.33. The second-order valence-corrected chi connectivity index (χ2v) is 4.14. The van der Waals surface area contributed by atoms with Crippen molar-refractivity contribution >= 4 is 15.9 Å². The molecule has 0 aromatic heterocycles. The maximum atomic E-state index is 13.2. The van der Waals surface area contributed by atoms with Gasteiger partial charge in [0.2, 0.25) is 0 Å². The molecular formula is C12H13BrFN. The molecule has 3 heteroatoms. The van der Waals surface area contributed by atoms with Crippen molar-refractivity contribution in [2.75, 3.05) is 0 Å². The van der Waals surface area contributed by atoms with Crippen LogP contribution in [0.25, 0.3) is 0 Å². The minimum atomic E-state index is -0.278. The SMILES string of the molecule is C#CCCCC(N)c1cccc(F)c1Br. The fraction of sp³-hybridized carbons (Fsp3) is 0.333. The summed E-state index contributed by atoms with van der Waals surface area (Å²) in [4.78, 5) is 0. The topological polar surface area (TPSA) is 26.0 Å². The molecule has 0 fully saturated rings. The summed E-state index contributed by atoms with van der Waals surface area (Å²) < 4.78 is 13.6. The highest BCUT2D eigenvalue weighted by Crippen LogP contribution is 2.27. The molecule has 0 saturated heterocycles. The van der Waals surface area contributed by atoms with E-state index >= 15 is 0 Å². The summed E-state index contributed by atoms with van der Waals surface area (Å²) >= 11 is 3.19. The van der Waals surface area contributed by atoms with Crippen molar-refractivity contribution in [3.8, 4) is 12.3 Å². The van der Waals surface area contributed by atoms with Crippen molar-refractivity contribution in [2.45, 2.75) is 25.3 Å². The lowest BCUT2D eigenvalue weighted by Gasteiger charge is -2.13. The Balaban J connectivity index is 2.70. The van der Waals surface area contributed by atoms with E-state index in [1.54, 1.807) is 6.07 Å². The van der Waals surface area contributed by atoms with E-state index in [2.05, 4.69) is 21.9 Å². The van der Waals surface area contributed by atoms with E-state index in [1.807, 2.05) is 6.07 Å². The standard InChI is InChI=1S/C12H13BrFN/c1-2-3-4-8-11(15)9-6-5-7-10(14)12(9)13/h1,5-7,11H,3-4,8,15H2. The summed E-state index contributed by atoms with van der Waals surface area (Å²) in [5.41, 5.74) is 6.74. The minimum Gasteiger partial charge on any atom is -0.324 e. The highest BCUT2D eigenvalue weighted by atomic mass is 79.9. The first kappa shape index (κ1) is 12.2. The molecule has 0 spiro atoms. The van der Waals surface area contributed by atoms with Crippen LogP contribution in [0.2, 0.25) is 0 Å². The van der Waals surface area contributed by atoms with E-state index in [1.165, 1.54) is 6.07 Å². The summed E-state index contributed by atoms with van der Waals surface area (Å²) in [7, 11) is 0. The van der Waals surface area contributed by atoms with E-state index in [0.717, 1.165) is 18.4 Å². The average Bonchev–Trinajstić information content (AvgIpc) is 2.22. The summed E-state index contributed by atoms with van der Waals surface area (Å²) in [5.74, 6) is 2.28. The van der Waals surface area contributed by atoms with Crippen LogP contribution >= 0.6 is 15.9 Å². The van der Waals surface area contributed by atoms with Crippen molar-refractivity contribution in [2.24, 2.45) is 5.73 Å². The lowest BCUT2D eigenvalue weighted by molar-refractivity contribution is 0.591. The number of hydrogen-bond donors (Lipinski definition) is 1. The fourth-order valence-electron chi connectivity index (χ4n) is 1.39. The highest BCUT2D eigenvalue weighted by Gasteiger charge is 2.11. The van der Waals surface area contributed by atoms with Crippen LogP contribution in [0.1, 0.15) is 30.9 Å². The molecule has 1 nitrogen and oxygen atoms in total. The Hall–Kier alpha value is -0.850. The summed E-state index contributed by atoms with van der Waals surface area (Å²) in [6, 6.07) is 4.73. The first-order valence-corrected chi connectivity index (χ1v) is 5.59. The molecule has 2 N–H and O–H groups in total. The number of halogens is 2. The van der Waals surface area contributed by atoms with Gasteiger partial charge in [0.15, 0.2) is 0 Å². The summed E-state index contributed by atoms with van der Waals surface area (Å²) in [6.45, 7) is 0. The molecule has 0 saturated carbocycles. The maximum Gasteiger partial charge on any atom is 0.137 e. The first-order chi connectivity index (χ1) is 7.16. The lowest BCUT2D eigenvalue weighted by Crippen LogP contribution is -2.11. The van der Waals surface area contributed by atoms with Gasteiger partial charge in [-0.25, -0.2) is 4.39 Å². The molecule has 0 amide bonds. The van der Waals surface area contributed by atoms with Gasteiger partial charge in [-0.2, -0.15) is 0 Å². The van der Waals surface area contributed by atoms with Crippen molar-refractivity contribution in [1.29, 1.82) is 0 Å². The molecule has 0 aliphatic carbocycles. The van der Waals surface area contributed by atoms with Crippen LogP contribution < -0.4 is 5.73 Å². The average molecular weight is 270 g/mol.